The topological polar surface area (TPSA) is 40.5 Å². The summed E-state index contributed by atoms with van der Waals surface area (Å²) in [6, 6.07) is 0. The van der Waals surface area contributed by atoms with Gasteiger partial charge in [0, 0.05) is 6.61 Å². The van der Waals surface area contributed by atoms with Crippen molar-refractivity contribution in [1.29, 1.82) is 0 Å². The molecule has 0 heterocycles. The molecule has 4 aliphatic rings. The number of fused-ring (bicyclic) bond motifs is 5. The van der Waals surface area contributed by atoms with E-state index in [4.69, 9.17) is 0 Å². The fourth-order valence-electron chi connectivity index (χ4n) is 9.12. The predicted octanol–water partition coefficient (Wildman–Crippen LogP) is 6.83. The highest BCUT2D eigenvalue weighted by atomic mass is 16.3. The van der Waals surface area contributed by atoms with Crippen LogP contribution in [0.4, 0.5) is 0 Å². The van der Waals surface area contributed by atoms with Crippen molar-refractivity contribution in [2.24, 2.45) is 46.3 Å². The van der Waals surface area contributed by atoms with Crippen LogP contribution >= 0.6 is 0 Å². The molecule has 2 heteroatoms. The van der Waals surface area contributed by atoms with Gasteiger partial charge < -0.3 is 10.2 Å². The lowest BCUT2D eigenvalue weighted by Crippen LogP contribution is -2.61. The summed E-state index contributed by atoms with van der Waals surface area (Å²) in [5.41, 5.74) is 0.923. The summed E-state index contributed by atoms with van der Waals surface area (Å²) in [7, 11) is 0. The van der Waals surface area contributed by atoms with E-state index in [1.807, 2.05) is 13.8 Å². The van der Waals surface area contributed by atoms with Crippen molar-refractivity contribution in [3.63, 3.8) is 0 Å². The third-order valence-corrected chi connectivity index (χ3v) is 10.5. The Kier molecular flexibility index (Phi) is 7.80. The minimum Gasteiger partial charge on any atom is -0.396 e. The van der Waals surface area contributed by atoms with Crippen LogP contribution in [-0.2, 0) is 0 Å². The molecule has 0 aromatic rings. The van der Waals surface area contributed by atoms with Gasteiger partial charge in [-0.1, -0.05) is 60.3 Å². The highest BCUT2D eigenvalue weighted by Crippen LogP contribution is 2.69. The summed E-state index contributed by atoms with van der Waals surface area (Å²) >= 11 is 0. The molecule has 0 aliphatic heterocycles. The zero-order chi connectivity index (χ0) is 21.2. The maximum absolute atomic E-state index is 11.6. The quantitative estimate of drug-likeness (QED) is 0.491. The van der Waals surface area contributed by atoms with Gasteiger partial charge in [-0.05, 0) is 97.7 Å². The molecule has 4 fully saturated rings. The molecule has 9 atom stereocenters. The average Bonchev–Trinajstić information content (AvgIpc) is 3.07. The Hall–Kier alpha value is -0.0800. The van der Waals surface area contributed by atoms with Gasteiger partial charge in [-0.15, -0.1) is 0 Å². The average molecular weight is 407 g/mol. The molecular weight excluding hydrogens is 356 g/mol. The number of aliphatic hydroxyl groups is 2. The van der Waals surface area contributed by atoms with Gasteiger partial charge in [0.25, 0.3) is 0 Å². The second-order valence-electron chi connectivity index (χ2n) is 11.2. The first kappa shape index (κ1) is 23.6. The molecule has 2 nitrogen and oxygen atoms in total. The monoisotopic (exact) mass is 406 g/mol. The van der Waals surface area contributed by atoms with E-state index in [1.54, 1.807) is 0 Å². The molecule has 4 saturated carbocycles. The van der Waals surface area contributed by atoms with Crippen LogP contribution < -0.4 is 0 Å². The molecule has 0 saturated heterocycles. The first-order valence-electron chi connectivity index (χ1n) is 13.3. The third kappa shape index (κ3) is 3.84. The smallest absolute Gasteiger partial charge is 0.0605 e. The Bertz CT molecular complexity index is 519. The van der Waals surface area contributed by atoms with E-state index in [0.717, 1.165) is 36.5 Å². The van der Waals surface area contributed by atoms with E-state index in [-0.39, 0.29) is 6.10 Å². The molecular formula is C27H50O2. The second kappa shape index (κ2) is 9.60. The van der Waals surface area contributed by atoms with E-state index in [9.17, 15) is 10.2 Å². The lowest BCUT2D eigenvalue weighted by molar-refractivity contribution is -0.193. The fraction of sp³-hybridized carbons (Fsp3) is 1.00. The van der Waals surface area contributed by atoms with Gasteiger partial charge in [-0.2, -0.15) is 0 Å². The van der Waals surface area contributed by atoms with E-state index < -0.39 is 0 Å². The minimum atomic E-state index is -0.0583. The Morgan fingerprint density at radius 3 is 2.24 bits per heavy atom. The Labute approximate surface area is 181 Å². The van der Waals surface area contributed by atoms with Crippen LogP contribution in [0, 0.1) is 46.3 Å². The van der Waals surface area contributed by atoms with Crippen LogP contribution in [0.1, 0.15) is 112 Å². The summed E-state index contributed by atoms with van der Waals surface area (Å²) in [5, 5.41) is 20.8. The van der Waals surface area contributed by atoms with Crippen LogP contribution in [0.5, 0.6) is 0 Å². The Morgan fingerprint density at radius 2 is 1.55 bits per heavy atom. The van der Waals surface area contributed by atoms with Crippen molar-refractivity contribution in [1.82, 2.24) is 0 Å². The maximum Gasteiger partial charge on any atom is 0.0605 e. The van der Waals surface area contributed by atoms with Crippen LogP contribution in [-0.4, -0.2) is 22.9 Å². The van der Waals surface area contributed by atoms with Gasteiger partial charge in [-0.3, -0.25) is 0 Å². The molecule has 0 radical (unpaired) electrons. The van der Waals surface area contributed by atoms with Gasteiger partial charge in [-0.25, -0.2) is 0 Å². The van der Waals surface area contributed by atoms with Crippen molar-refractivity contribution in [2.75, 3.05) is 6.61 Å². The van der Waals surface area contributed by atoms with Crippen LogP contribution in [0.25, 0.3) is 0 Å². The molecule has 0 bridgehead atoms. The lowest BCUT2D eigenvalue weighted by Gasteiger charge is -2.64. The van der Waals surface area contributed by atoms with Crippen LogP contribution in [0.15, 0.2) is 0 Å². The van der Waals surface area contributed by atoms with Gasteiger partial charge in [0.15, 0.2) is 0 Å². The van der Waals surface area contributed by atoms with E-state index in [1.165, 1.54) is 64.2 Å². The van der Waals surface area contributed by atoms with E-state index in [2.05, 4.69) is 20.8 Å². The molecule has 0 amide bonds. The second-order valence-corrected chi connectivity index (χ2v) is 11.2. The molecule has 29 heavy (non-hydrogen) atoms. The molecule has 0 aromatic carbocycles. The first-order chi connectivity index (χ1) is 14.0. The largest absolute Gasteiger partial charge is 0.396 e. The number of hydrogen-bond donors (Lipinski definition) is 2. The summed E-state index contributed by atoms with van der Waals surface area (Å²) in [5.74, 6) is 4.16. The molecule has 0 aromatic heterocycles. The van der Waals surface area contributed by atoms with Crippen LogP contribution in [0.2, 0.25) is 0 Å². The van der Waals surface area contributed by atoms with Gasteiger partial charge in [0.2, 0.25) is 0 Å². The van der Waals surface area contributed by atoms with Gasteiger partial charge >= 0.3 is 0 Å². The minimum absolute atomic E-state index is 0.0583. The lowest BCUT2D eigenvalue weighted by atomic mass is 9.41. The summed E-state index contributed by atoms with van der Waals surface area (Å²) in [6.45, 7) is 11.9. The third-order valence-electron chi connectivity index (χ3n) is 10.5. The standard InChI is InChI=1S/C25H44O2.C2H6/c1-4-18-19-10-5-7-14-25(19,3)21-13-15-24(2)17(9-6-8-16-26)11-12-20(24)22(21)23(18)27;1-2/h17-23,26-27H,4-16H2,1-3H3;1-2H3. The Balaban J connectivity index is 0.00000117. The molecule has 4 rings (SSSR count). The number of hydrogen-bond acceptors (Lipinski definition) is 2. The Morgan fingerprint density at radius 1 is 0.828 bits per heavy atom. The van der Waals surface area contributed by atoms with Crippen molar-refractivity contribution < 1.29 is 10.2 Å². The summed E-state index contributed by atoms with van der Waals surface area (Å²) in [4.78, 5) is 0. The SMILES string of the molecule is CC.CCC1C(O)C2C3CCC(CCCCO)C3(C)CCC2C2(C)CCCCC12. The van der Waals surface area contributed by atoms with E-state index in [0.29, 0.717) is 29.3 Å². The van der Waals surface area contributed by atoms with Crippen LogP contribution in [0.3, 0.4) is 0 Å². The van der Waals surface area contributed by atoms with E-state index >= 15 is 0 Å². The summed E-state index contributed by atoms with van der Waals surface area (Å²) < 4.78 is 0. The molecule has 2 N–H and O–H groups in total. The first-order valence-corrected chi connectivity index (χ1v) is 13.3. The highest BCUT2D eigenvalue weighted by molar-refractivity contribution is 5.12. The van der Waals surface area contributed by atoms with Crippen molar-refractivity contribution in [3.8, 4) is 0 Å². The molecule has 170 valence electrons. The predicted molar refractivity (Wildman–Crippen MR) is 123 cm³/mol. The molecule has 9 unspecified atom stereocenters. The zero-order valence-corrected chi connectivity index (χ0v) is 20.1. The molecule has 4 aliphatic carbocycles. The molecule has 0 spiro atoms. The van der Waals surface area contributed by atoms with Gasteiger partial charge in [0.1, 0.15) is 0 Å². The maximum atomic E-state index is 11.6. The fourth-order valence-corrected chi connectivity index (χ4v) is 9.12. The number of rotatable bonds is 5. The number of aliphatic hydroxyl groups excluding tert-OH is 2. The highest BCUT2D eigenvalue weighted by Gasteiger charge is 2.63. The van der Waals surface area contributed by atoms with Crippen molar-refractivity contribution in [3.05, 3.63) is 0 Å². The normalized spacial score (nSPS) is 48.7. The van der Waals surface area contributed by atoms with Crippen molar-refractivity contribution in [2.45, 2.75) is 118 Å². The zero-order valence-electron chi connectivity index (χ0n) is 20.1. The summed E-state index contributed by atoms with van der Waals surface area (Å²) in [6.07, 6.45) is 15.5. The number of unbranched alkanes of at least 4 members (excludes halogenated alkanes) is 1. The van der Waals surface area contributed by atoms with Crippen molar-refractivity contribution >= 4 is 0 Å². The van der Waals surface area contributed by atoms with Gasteiger partial charge in [0.05, 0.1) is 6.10 Å².